The van der Waals surface area contributed by atoms with Crippen LogP contribution in [0.25, 0.3) is 77.3 Å². The maximum Gasteiger partial charge on any atom is 0.117 e. The van der Waals surface area contributed by atoms with Gasteiger partial charge in [0.05, 0.1) is 40.9 Å². The van der Waals surface area contributed by atoms with Gasteiger partial charge in [0.1, 0.15) is 20.0 Å². The Hall–Kier alpha value is -4.34. The molecular formula is C36H24N4S4. The molecule has 0 bridgehead atoms. The van der Waals surface area contributed by atoms with Crippen LogP contribution in [0.4, 0.5) is 0 Å². The number of thiazole rings is 4. The van der Waals surface area contributed by atoms with Gasteiger partial charge in [-0.2, -0.15) is 0 Å². The second-order valence-electron chi connectivity index (χ2n) is 10.6. The second kappa shape index (κ2) is 11.3. The summed E-state index contributed by atoms with van der Waals surface area (Å²) in [5, 5.41) is 3.92. The molecule has 8 rings (SSSR count). The Morgan fingerprint density at radius 2 is 0.659 bits per heavy atom. The highest BCUT2D eigenvalue weighted by atomic mass is 32.1. The first-order chi connectivity index (χ1) is 21.5. The average Bonchev–Trinajstić information content (AvgIpc) is 3.80. The molecule has 0 spiro atoms. The fraction of sp³-hybridized carbons (Fsp3) is 0.0556. The lowest BCUT2D eigenvalue weighted by Gasteiger charge is -1.93. The molecule has 8 aromatic rings. The smallest absolute Gasteiger partial charge is 0.117 e. The van der Waals surface area contributed by atoms with E-state index in [2.05, 4.69) is 123 Å². The maximum atomic E-state index is 4.89. The van der Waals surface area contributed by atoms with Crippen LogP contribution < -0.4 is 0 Å². The first kappa shape index (κ1) is 27.2. The van der Waals surface area contributed by atoms with Gasteiger partial charge in [0.2, 0.25) is 0 Å². The minimum Gasteiger partial charge on any atom is -0.237 e. The number of benzene rings is 4. The molecule has 8 heteroatoms. The van der Waals surface area contributed by atoms with Crippen LogP contribution in [0, 0.1) is 13.8 Å². The highest BCUT2D eigenvalue weighted by Gasteiger charge is 2.10. The molecule has 0 saturated carbocycles. The first-order valence-electron chi connectivity index (χ1n) is 14.1. The van der Waals surface area contributed by atoms with Gasteiger partial charge in [-0.1, -0.05) is 71.8 Å². The SMILES string of the molecule is Cc1ccc(C=Cc2nc3cc4sc(C=Cc5nc6cc7sc(C=Cc8ccc(C)cc8)nc7cc6s5)nc4cc3s2)cc1. The van der Waals surface area contributed by atoms with E-state index in [0.29, 0.717) is 0 Å². The summed E-state index contributed by atoms with van der Waals surface area (Å²) >= 11 is 6.74. The Balaban J connectivity index is 0.999. The molecule has 0 unspecified atom stereocenters. The minimum absolute atomic E-state index is 0.962. The minimum atomic E-state index is 0.962. The summed E-state index contributed by atoms with van der Waals surface area (Å²) in [6.07, 6.45) is 12.5. The molecule has 0 atom stereocenters. The third kappa shape index (κ3) is 5.65. The van der Waals surface area contributed by atoms with Crippen LogP contribution in [0.15, 0.2) is 72.8 Å². The van der Waals surface area contributed by atoms with E-state index < -0.39 is 0 Å². The Morgan fingerprint density at radius 3 is 0.955 bits per heavy atom. The van der Waals surface area contributed by atoms with Crippen molar-refractivity contribution in [2.75, 3.05) is 0 Å². The van der Waals surface area contributed by atoms with Crippen molar-refractivity contribution in [1.29, 1.82) is 0 Å². The highest BCUT2D eigenvalue weighted by Crippen LogP contribution is 2.34. The lowest BCUT2D eigenvalue weighted by molar-refractivity contribution is 1.45. The summed E-state index contributed by atoms with van der Waals surface area (Å²) < 4.78 is 4.57. The van der Waals surface area contributed by atoms with Crippen molar-refractivity contribution in [1.82, 2.24) is 19.9 Å². The molecule has 0 aliphatic rings. The summed E-state index contributed by atoms with van der Waals surface area (Å²) in [5.74, 6) is 0. The lowest BCUT2D eigenvalue weighted by Crippen LogP contribution is -1.74. The summed E-state index contributed by atoms with van der Waals surface area (Å²) in [7, 11) is 0. The predicted molar refractivity (Wildman–Crippen MR) is 195 cm³/mol. The van der Waals surface area contributed by atoms with Crippen LogP contribution in [0.5, 0.6) is 0 Å². The van der Waals surface area contributed by atoms with Crippen molar-refractivity contribution in [2.24, 2.45) is 0 Å². The topological polar surface area (TPSA) is 51.6 Å². The largest absolute Gasteiger partial charge is 0.237 e. The van der Waals surface area contributed by atoms with Gasteiger partial charge in [0.15, 0.2) is 0 Å². The molecule has 44 heavy (non-hydrogen) atoms. The standard InChI is InChI=1S/C36H24N4S4/c1-21-3-7-23(8-4-21)11-13-33-37-25-17-31-27(19-29(25)41-33)39-35(43-31)15-16-36-40-28-20-30-26(18-32(28)44-36)38-34(42-30)14-12-24-9-5-22(2)6-10-24/h3-20H,1-2H3. The van der Waals surface area contributed by atoms with Crippen LogP contribution in [0.2, 0.25) is 0 Å². The van der Waals surface area contributed by atoms with Gasteiger partial charge in [0.25, 0.3) is 0 Å². The Kier molecular flexibility index (Phi) is 6.99. The maximum absolute atomic E-state index is 4.89. The van der Waals surface area contributed by atoms with E-state index in [0.717, 1.165) is 60.9 Å². The number of hydrogen-bond donors (Lipinski definition) is 0. The Morgan fingerprint density at radius 1 is 0.386 bits per heavy atom. The second-order valence-corrected chi connectivity index (χ2v) is 14.9. The zero-order valence-electron chi connectivity index (χ0n) is 23.8. The lowest BCUT2D eigenvalue weighted by atomic mass is 10.1. The monoisotopic (exact) mass is 640 g/mol. The molecule has 4 aromatic heterocycles. The van der Waals surface area contributed by atoms with Crippen molar-refractivity contribution in [2.45, 2.75) is 13.8 Å². The van der Waals surface area contributed by atoms with E-state index in [1.54, 1.807) is 45.3 Å². The number of fused-ring (bicyclic) bond motifs is 4. The summed E-state index contributed by atoms with van der Waals surface area (Å²) in [6.45, 7) is 4.20. The fourth-order valence-electron chi connectivity index (χ4n) is 4.89. The number of rotatable bonds is 6. The van der Waals surface area contributed by atoms with Crippen LogP contribution in [0.3, 0.4) is 0 Å². The van der Waals surface area contributed by atoms with Crippen LogP contribution in [-0.2, 0) is 0 Å². The molecule has 0 aliphatic heterocycles. The third-order valence-corrected chi connectivity index (χ3v) is 11.2. The highest BCUT2D eigenvalue weighted by molar-refractivity contribution is 7.21. The fourth-order valence-corrected chi connectivity index (χ4v) is 8.43. The van der Waals surface area contributed by atoms with Gasteiger partial charge in [-0.15, -0.1) is 45.3 Å². The zero-order chi connectivity index (χ0) is 29.6. The van der Waals surface area contributed by atoms with E-state index in [1.807, 2.05) is 0 Å². The van der Waals surface area contributed by atoms with E-state index in [4.69, 9.17) is 19.9 Å². The van der Waals surface area contributed by atoms with Gasteiger partial charge in [0, 0.05) is 0 Å². The molecule has 212 valence electrons. The molecule has 0 N–H and O–H groups in total. The van der Waals surface area contributed by atoms with E-state index >= 15 is 0 Å². The van der Waals surface area contributed by atoms with Gasteiger partial charge in [-0.25, -0.2) is 19.9 Å². The van der Waals surface area contributed by atoms with Crippen molar-refractivity contribution < 1.29 is 0 Å². The third-order valence-electron chi connectivity index (χ3n) is 7.22. The number of aromatic nitrogens is 4. The van der Waals surface area contributed by atoms with Crippen LogP contribution >= 0.6 is 45.3 Å². The Bertz CT molecular complexity index is 2130. The van der Waals surface area contributed by atoms with Gasteiger partial charge in [-0.3, -0.25) is 0 Å². The quantitative estimate of drug-likeness (QED) is 0.181. The first-order valence-corrected chi connectivity index (χ1v) is 17.4. The number of nitrogens with zero attached hydrogens (tertiary/aromatic N) is 4. The Labute approximate surface area is 270 Å². The van der Waals surface area contributed by atoms with Crippen molar-refractivity contribution in [3.63, 3.8) is 0 Å². The molecule has 0 aliphatic carbocycles. The van der Waals surface area contributed by atoms with Crippen molar-refractivity contribution in [3.05, 3.63) is 115 Å². The average molecular weight is 641 g/mol. The van der Waals surface area contributed by atoms with E-state index in [9.17, 15) is 0 Å². The molecule has 4 nitrogen and oxygen atoms in total. The van der Waals surface area contributed by atoms with Crippen molar-refractivity contribution in [3.8, 4) is 0 Å². The van der Waals surface area contributed by atoms with E-state index in [1.165, 1.54) is 22.3 Å². The predicted octanol–water partition coefficient (Wildman–Crippen LogP) is 11.3. The van der Waals surface area contributed by atoms with Gasteiger partial charge in [-0.05, 0) is 73.5 Å². The summed E-state index contributed by atoms with van der Waals surface area (Å²) in [4.78, 5) is 19.5. The molecule has 0 radical (unpaired) electrons. The number of aryl methyl sites for hydroxylation is 2. The van der Waals surface area contributed by atoms with Gasteiger partial charge >= 0.3 is 0 Å². The molecule has 0 amide bonds. The van der Waals surface area contributed by atoms with Crippen LogP contribution in [0.1, 0.15) is 42.3 Å². The zero-order valence-corrected chi connectivity index (χ0v) is 27.1. The molecule has 4 aromatic carbocycles. The number of hydrogen-bond acceptors (Lipinski definition) is 8. The molecule has 0 fully saturated rings. The normalized spacial score (nSPS) is 12.5. The molecular weight excluding hydrogens is 617 g/mol. The summed E-state index contributed by atoms with van der Waals surface area (Å²) in [5.41, 5.74) is 8.91. The van der Waals surface area contributed by atoms with E-state index in [-0.39, 0.29) is 0 Å². The van der Waals surface area contributed by atoms with Crippen LogP contribution in [-0.4, -0.2) is 19.9 Å². The molecule has 0 saturated heterocycles. The summed E-state index contributed by atoms with van der Waals surface area (Å²) in [6, 6.07) is 25.6. The molecule has 4 heterocycles. The van der Waals surface area contributed by atoms with Crippen molar-refractivity contribution >= 4 is 123 Å². The van der Waals surface area contributed by atoms with Gasteiger partial charge < -0.3 is 0 Å².